The van der Waals surface area contributed by atoms with E-state index in [2.05, 4.69) is 10.5 Å². The summed E-state index contributed by atoms with van der Waals surface area (Å²) >= 11 is 1.56. The van der Waals surface area contributed by atoms with Crippen LogP contribution in [-0.2, 0) is 0 Å². The fraction of sp³-hybridized carbons (Fsp3) is 0.143. The molecule has 0 aliphatic rings. The van der Waals surface area contributed by atoms with Crippen LogP contribution in [0.2, 0.25) is 0 Å². The standard InChI is InChI=1S/C14H14N2O2S/c1-10-11(2)19-9-13(10)14(17)16-15-7-3-5-12-6-4-8-18-12/h3-9H,1-2H3,(H,16,17)/b5-3+,15-7?. The number of nitrogens with zero attached hydrogens (tertiary/aromatic N) is 1. The fourth-order valence-electron chi connectivity index (χ4n) is 1.46. The van der Waals surface area contributed by atoms with Crippen LogP contribution in [0.5, 0.6) is 0 Å². The van der Waals surface area contributed by atoms with Crippen molar-refractivity contribution >= 4 is 29.5 Å². The zero-order valence-corrected chi connectivity index (χ0v) is 11.5. The molecular weight excluding hydrogens is 260 g/mol. The van der Waals surface area contributed by atoms with E-state index in [0.29, 0.717) is 5.56 Å². The third-order valence-electron chi connectivity index (χ3n) is 2.66. The summed E-state index contributed by atoms with van der Waals surface area (Å²) < 4.78 is 5.11. The number of hydrogen-bond donors (Lipinski definition) is 1. The third kappa shape index (κ3) is 3.42. The summed E-state index contributed by atoms with van der Waals surface area (Å²) in [4.78, 5) is 13.0. The maximum atomic E-state index is 11.8. The van der Waals surface area contributed by atoms with Gasteiger partial charge in [0.2, 0.25) is 0 Å². The first-order chi connectivity index (χ1) is 9.18. The highest BCUT2D eigenvalue weighted by molar-refractivity contribution is 7.10. The Bertz CT molecular complexity index is 609. The highest BCUT2D eigenvalue weighted by Crippen LogP contribution is 2.20. The predicted octanol–water partition coefficient (Wildman–Crippen LogP) is 3.39. The zero-order valence-electron chi connectivity index (χ0n) is 10.7. The first-order valence-electron chi connectivity index (χ1n) is 5.76. The van der Waals surface area contributed by atoms with Crippen LogP contribution < -0.4 is 5.43 Å². The molecule has 2 aromatic rings. The lowest BCUT2D eigenvalue weighted by Crippen LogP contribution is -2.17. The van der Waals surface area contributed by atoms with Gasteiger partial charge in [-0.1, -0.05) is 0 Å². The van der Waals surface area contributed by atoms with Crippen molar-refractivity contribution in [2.24, 2.45) is 5.10 Å². The highest BCUT2D eigenvalue weighted by atomic mass is 32.1. The second-order valence-corrected chi connectivity index (χ2v) is 5.01. The molecular formula is C14H14N2O2S. The van der Waals surface area contributed by atoms with Gasteiger partial charge in [-0.2, -0.15) is 5.10 Å². The van der Waals surface area contributed by atoms with E-state index >= 15 is 0 Å². The quantitative estimate of drug-likeness (QED) is 0.686. The van der Waals surface area contributed by atoms with Gasteiger partial charge in [-0.25, -0.2) is 5.43 Å². The van der Waals surface area contributed by atoms with Gasteiger partial charge in [0.15, 0.2) is 0 Å². The molecule has 1 N–H and O–H groups in total. The lowest BCUT2D eigenvalue weighted by atomic mass is 10.2. The molecule has 2 rings (SSSR count). The minimum absolute atomic E-state index is 0.190. The number of allylic oxidation sites excluding steroid dienone is 1. The van der Waals surface area contributed by atoms with Crippen LogP contribution in [0.3, 0.4) is 0 Å². The Balaban J connectivity index is 1.88. The van der Waals surface area contributed by atoms with E-state index < -0.39 is 0 Å². The molecule has 0 aliphatic heterocycles. The van der Waals surface area contributed by atoms with Crippen molar-refractivity contribution in [2.75, 3.05) is 0 Å². The third-order valence-corrected chi connectivity index (χ3v) is 3.67. The molecule has 0 aliphatic carbocycles. The fourth-order valence-corrected chi connectivity index (χ4v) is 2.33. The van der Waals surface area contributed by atoms with E-state index in [-0.39, 0.29) is 5.91 Å². The van der Waals surface area contributed by atoms with Gasteiger partial charge in [0.1, 0.15) is 5.76 Å². The Labute approximate surface area is 115 Å². The van der Waals surface area contributed by atoms with Crippen molar-refractivity contribution in [2.45, 2.75) is 13.8 Å². The molecule has 0 saturated heterocycles. The second kappa shape index (κ2) is 6.15. The number of hydrogen-bond acceptors (Lipinski definition) is 4. The molecule has 1 amide bonds. The molecule has 0 fully saturated rings. The van der Waals surface area contributed by atoms with Crippen molar-refractivity contribution in [3.05, 3.63) is 51.6 Å². The van der Waals surface area contributed by atoms with Crippen molar-refractivity contribution < 1.29 is 9.21 Å². The summed E-state index contributed by atoms with van der Waals surface area (Å²) in [6, 6.07) is 3.64. The van der Waals surface area contributed by atoms with Gasteiger partial charge in [0, 0.05) is 16.5 Å². The average molecular weight is 274 g/mol. The van der Waals surface area contributed by atoms with Crippen LogP contribution in [0.1, 0.15) is 26.6 Å². The van der Waals surface area contributed by atoms with Crippen LogP contribution in [0.15, 0.2) is 39.4 Å². The van der Waals surface area contributed by atoms with Crippen LogP contribution in [0, 0.1) is 13.8 Å². The minimum Gasteiger partial charge on any atom is -0.465 e. The molecule has 0 bridgehead atoms. The lowest BCUT2D eigenvalue weighted by Gasteiger charge is -1.98. The first kappa shape index (κ1) is 13.3. The van der Waals surface area contributed by atoms with Gasteiger partial charge in [0.05, 0.1) is 11.8 Å². The minimum atomic E-state index is -0.190. The molecule has 19 heavy (non-hydrogen) atoms. The number of thiophene rings is 1. The number of hydrazone groups is 1. The van der Waals surface area contributed by atoms with E-state index in [4.69, 9.17) is 4.42 Å². The number of carbonyl (C=O) groups excluding carboxylic acids is 1. The van der Waals surface area contributed by atoms with E-state index in [0.717, 1.165) is 16.2 Å². The van der Waals surface area contributed by atoms with Crippen LogP contribution >= 0.6 is 11.3 Å². The predicted molar refractivity (Wildman–Crippen MR) is 77.5 cm³/mol. The average Bonchev–Trinajstić information content (AvgIpc) is 3.01. The highest BCUT2D eigenvalue weighted by Gasteiger charge is 2.10. The maximum Gasteiger partial charge on any atom is 0.272 e. The summed E-state index contributed by atoms with van der Waals surface area (Å²) in [5.41, 5.74) is 4.17. The molecule has 0 aromatic carbocycles. The Kier molecular flexibility index (Phi) is 4.30. The molecule has 0 radical (unpaired) electrons. The van der Waals surface area contributed by atoms with Gasteiger partial charge in [-0.15, -0.1) is 11.3 Å². The summed E-state index contributed by atoms with van der Waals surface area (Å²) in [6.45, 7) is 3.92. The summed E-state index contributed by atoms with van der Waals surface area (Å²) in [7, 11) is 0. The monoisotopic (exact) mass is 274 g/mol. The number of aryl methyl sites for hydroxylation is 1. The molecule has 5 heteroatoms. The number of nitrogens with one attached hydrogen (secondary N) is 1. The Morgan fingerprint density at radius 2 is 2.32 bits per heavy atom. The molecule has 0 unspecified atom stereocenters. The summed E-state index contributed by atoms with van der Waals surface area (Å²) in [6.07, 6.45) is 6.57. The molecule has 0 atom stereocenters. The molecule has 0 spiro atoms. The molecule has 2 aromatic heterocycles. The Hall–Kier alpha value is -2.14. The zero-order chi connectivity index (χ0) is 13.7. The van der Waals surface area contributed by atoms with Gasteiger partial charge in [-0.3, -0.25) is 4.79 Å². The van der Waals surface area contributed by atoms with Crippen molar-refractivity contribution in [1.82, 2.24) is 5.43 Å². The Morgan fingerprint density at radius 3 is 2.95 bits per heavy atom. The number of amides is 1. The summed E-state index contributed by atoms with van der Waals surface area (Å²) in [5.74, 6) is 0.548. The first-order valence-corrected chi connectivity index (χ1v) is 6.64. The van der Waals surface area contributed by atoms with Crippen LogP contribution in [0.4, 0.5) is 0 Å². The number of furan rings is 1. The van der Waals surface area contributed by atoms with Crippen molar-refractivity contribution in [1.29, 1.82) is 0 Å². The van der Waals surface area contributed by atoms with Crippen LogP contribution in [0.25, 0.3) is 6.08 Å². The number of rotatable bonds is 4. The van der Waals surface area contributed by atoms with E-state index in [1.165, 1.54) is 6.21 Å². The van der Waals surface area contributed by atoms with Crippen LogP contribution in [-0.4, -0.2) is 12.1 Å². The van der Waals surface area contributed by atoms with Crippen molar-refractivity contribution in [3.8, 4) is 0 Å². The van der Waals surface area contributed by atoms with E-state index in [1.54, 1.807) is 35.8 Å². The maximum absolute atomic E-state index is 11.8. The number of carbonyl (C=O) groups is 1. The van der Waals surface area contributed by atoms with E-state index in [9.17, 15) is 4.79 Å². The summed E-state index contributed by atoms with van der Waals surface area (Å²) in [5, 5.41) is 5.69. The molecule has 98 valence electrons. The van der Waals surface area contributed by atoms with Gasteiger partial charge in [0.25, 0.3) is 5.91 Å². The van der Waals surface area contributed by atoms with Gasteiger partial charge >= 0.3 is 0 Å². The molecule has 2 heterocycles. The smallest absolute Gasteiger partial charge is 0.272 e. The SMILES string of the molecule is Cc1scc(C(=O)NN=C/C=C/c2ccco2)c1C. The van der Waals surface area contributed by atoms with E-state index in [1.807, 2.05) is 25.3 Å². The normalized spacial score (nSPS) is 11.5. The Morgan fingerprint density at radius 1 is 1.47 bits per heavy atom. The lowest BCUT2D eigenvalue weighted by molar-refractivity contribution is 0.0955. The largest absolute Gasteiger partial charge is 0.465 e. The molecule has 0 saturated carbocycles. The van der Waals surface area contributed by atoms with Gasteiger partial charge < -0.3 is 4.42 Å². The topological polar surface area (TPSA) is 54.6 Å². The van der Waals surface area contributed by atoms with Crippen molar-refractivity contribution in [3.63, 3.8) is 0 Å². The van der Waals surface area contributed by atoms with Gasteiger partial charge in [-0.05, 0) is 43.7 Å². The second-order valence-electron chi connectivity index (χ2n) is 3.92. The molecule has 4 nitrogen and oxygen atoms in total.